The molecule has 1 aliphatic heterocycles. The first kappa shape index (κ1) is 11.1. The van der Waals surface area contributed by atoms with Crippen LogP contribution in [0.2, 0.25) is 0 Å². The summed E-state index contributed by atoms with van der Waals surface area (Å²) >= 11 is 0. The molecule has 0 spiro atoms. The van der Waals surface area contributed by atoms with Crippen molar-refractivity contribution in [3.63, 3.8) is 0 Å². The van der Waals surface area contributed by atoms with Gasteiger partial charge in [-0.25, -0.2) is 0 Å². The highest BCUT2D eigenvalue weighted by molar-refractivity contribution is 5.45. The molecule has 3 heteroatoms. The van der Waals surface area contributed by atoms with Crippen LogP contribution in [0.15, 0.2) is 37.2 Å². The van der Waals surface area contributed by atoms with Crippen molar-refractivity contribution in [1.82, 2.24) is 10.3 Å². The number of rotatable bonds is 4. The van der Waals surface area contributed by atoms with Crippen LogP contribution < -0.4 is 10.2 Å². The van der Waals surface area contributed by atoms with E-state index in [0.717, 1.165) is 19.6 Å². The number of hydrogen-bond donors (Lipinski definition) is 1. The Labute approximate surface area is 97.2 Å². The van der Waals surface area contributed by atoms with E-state index in [1.54, 1.807) is 0 Å². The van der Waals surface area contributed by atoms with Crippen LogP contribution in [0, 0.1) is 0 Å². The number of nitrogens with zero attached hydrogens (tertiary/aromatic N) is 2. The van der Waals surface area contributed by atoms with Gasteiger partial charge >= 0.3 is 0 Å². The fraction of sp³-hybridized carbons (Fsp3) is 0.462. The zero-order valence-corrected chi connectivity index (χ0v) is 9.60. The van der Waals surface area contributed by atoms with Crippen molar-refractivity contribution in [3.8, 4) is 0 Å². The first-order chi connectivity index (χ1) is 7.92. The van der Waals surface area contributed by atoms with Crippen molar-refractivity contribution in [2.75, 3.05) is 24.5 Å². The highest BCUT2D eigenvalue weighted by atomic mass is 15.2. The largest absolute Gasteiger partial charge is 0.363 e. The van der Waals surface area contributed by atoms with E-state index in [2.05, 4.69) is 27.8 Å². The van der Waals surface area contributed by atoms with Crippen LogP contribution in [0.4, 0.5) is 5.69 Å². The molecular weight excluding hydrogens is 198 g/mol. The van der Waals surface area contributed by atoms with Crippen LogP contribution in [0.5, 0.6) is 0 Å². The van der Waals surface area contributed by atoms with E-state index in [4.69, 9.17) is 0 Å². The number of nitrogens with one attached hydrogen (secondary N) is 1. The van der Waals surface area contributed by atoms with Gasteiger partial charge in [0.25, 0.3) is 0 Å². The summed E-state index contributed by atoms with van der Waals surface area (Å²) < 4.78 is 0. The number of hydrogen-bond acceptors (Lipinski definition) is 3. The van der Waals surface area contributed by atoms with E-state index in [1.807, 2.05) is 24.5 Å². The van der Waals surface area contributed by atoms with Gasteiger partial charge in [0.1, 0.15) is 0 Å². The van der Waals surface area contributed by atoms with Crippen LogP contribution in [0.25, 0.3) is 0 Å². The predicted molar refractivity (Wildman–Crippen MR) is 67.7 cm³/mol. The van der Waals surface area contributed by atoms with Gasteiger partial charge in [-0.15, -0.1) is 6.58 Å². The van der Waals surface area contributed by atoms with Gasteiger partial charge in [-0.05, 0) is 38.1 Å². The van der Waals surface area contributed by atoms with Crippen LogP contribution in [0.1, 0.15) is 12.8 Å². The van der Waals surface area contributed by atoms with E-state index in [9.17, 15) is 0 Å². The van der Waals surface area contributed by atoms with Gasteiger partial charge in [0.15, 0.2) is 0 Å². The van der Waals surface area contributed by atoms with E-state index in [1.165, 1.54) is 18.5 Å². The van der Waals surface area contributed by atoms with Gasteiger partial charge in [-0.3, -0.25) is 4.98 Å². The molecule has 0 aliphatic carbocycles. The van der Waals surface area contributed by atoms with Gasteiger partial charge in [-0.1, -0.05) is 6.08 Å². The quantitative estimate of drug-likeness (QED) is 0.780. The van der Waals surface area contributed by atoms with E-state index < -0.39 is 0 Å². The Morgan fingerprint density at radius 1 is 1.50 bits per heavy atom. The van der Waals surface area contributed by atoms with E-state index >= 15 is 0 Å². The Hall–Kier alpha value is -1.35. The average molecular weight is 217 g/mol. The molecule has 1 aliphatic rings. The summed E-state index contributed by atoms with van der Waals surface area (Å²) in [4.78, 5) is 6.59. The maximum absolute atomic E-state index is 4.19. The maximum Gasteiger partial charge on any atom is 0.0558 e. The second-order valence-corrected chi connectivity index (χ2v) is 4.13. The van der Waals surface area contributed by atoms with Gasteiger partial charge in [-0.2, -0.15) is 0 Å². The number of anilines is 1. The minimum Gasteiger partial charge on any atom is -0.363 e. The molecule has 1 N–H and O–H groups in total. The van der Waals surface area contributed by atoms with Crippen LogP contribution >= 0.6 is 0 Å². The summed E-state index contributed by atoms with van der Waals surface area (Å²) in [6.45, 7) is 6.96. The summed E-state index contributed by atoms with van der Waals surface area (Å²) in [6.07, 6.45) is 8.12. The van der Waals surface area contributed by atoms with Crippen LogP contribution in [-0.2, 0) is 0 Å². The van der Waals surface area contributed by atoms with E-state index in [-0.39, 0.29) is 0 Å². The molecule has 0 aromatic carbocycles. The number of pyridine rings is 1. The van der Waals surface area contributed by atoms with Crippen LogP contribution in [-0.4, -0.2) is 30.7 Å². The molecule has 2 rings (SSSR count). The summed E-state index contributed by atoms with van der Waals surface area (Å²) in [5.74, 6) is 0. The summed E-state index contributed by atoms with van der Waals surface area (Å²) in [6, 6.07) is 4.73. The van der Waals surface area contributed by atoms with E-state index in [0.29, 0.717) is 6.04 Å². The molecule has 1 fully saturated rings. The lowest BCUT2D eigenvalue weighted by Gasteiger charge is -2.35. The topological polar surface area (TPSA) is 28.2 Å². The fourth-order valence-electron chi connectivity index (χ4n) is 2.25. The average Bonchev–Trinajstić information content (AvgIpc) is 2.38. The molecule has 1 aromatic rings. The predicted octanol–water partition coefficient (Wildman–Crippen LogP) is 1.83. The molecule has 1 aromatic heterocycles. The molecule has 86 valence electrons. The second kappa shape index (κ2) is 5.66. The molecular formula is C13H19N3. The molecule has 0 atom stereocenters. The molecule has 3 nitrogen and oxygen atoms in total. The lowest BCUT2D eigenvalue weighted by atomic mass is 10.0. The second-order valence-electron chi connectivity index (χ2n) is 4.13. The third kappa shape index (κ3) is 2.61. The van der Waals surface area contributed by atoms with Crippen molar-refractivity contribution in [2.24, 2.45) is 0 Å². The standard InChI is InChI=1S/C13H19N3/c1-2-10-16(12-5-8-14-9-6-12)13-4-3-7-15-11-13/h2-4,7,11-12,14H,1,5-6,8-10H2. The van der Waals surface area contributed by atoms with Crippen molar-refractivity contribution in [1.29, 1.82) is 0 Å². The lowest BCUT2D eigenvalue weighted by Crippen LogP contribution is -2.43. The van der Waals surface area contributed by atoms with Gasteiger partial charge in [0, 0.05) is 18.8 Å². The SMILES string of the molecule is C=CCN(c1cccnc1)C1CCNCC1. The first-order valence-electron chi connectivity index (χ1n) is 5.90. The van der Waals surface area contributed by atoms with Crippen LogP contribution in [0.3, 0.4) is 0 Å². The first-order valence-corrected chi connectivity index (χ1v) is 5.90. The smallest absolute Gasteiger partial charge is 0.0558 e. The molecule has 0 saturated carbocycles. The molecule has 0 radical (unpaired) electrons. The maximum atomic E-state index is 4.19. The molecule has 2 heterocycles. The monoisotopic (exact) mass is 217 g/mol. The number of aromatic nitrogens is 1. The minimum absolute atomic E-state index is 0.614. The van der Waals surface area contributed by atoms with Crippen molar-refractivity contribution >= 4 is 5.69 Å². The third-order valence-electron chi connectivity index (χ3n) is 3.05. The fourth-order valence-corrected chi connectivity index (χ4v) is 2.25. The summed E-state index contributed by atoms with van der Waals surface area (Å²) in [7, 11) is 0. The summed E-state index contributed by atoms with van der Waals surface area (Å²) in [5, 5.41) is 3.40. The lowest BCUT2D eigenvalue weighted by molar-refractivity contribution is 0.437. The molecule has 1 saturated heterocycles. The molecule has 0 bridgehead atoms. The highest BCUT2D eigenvalue weighted by Gasteiger charge is 2.20. The molecule has 16 heavy (non-hydrogen) atoms. The highest BCUT2D eigenvalue weighted by Crippen LogP contribution is 2.20. The minimum atomic E-state index is 0.614. The Morgan fingerprint density at radius 3 is 2.94 bits per heavy atom. The normalized spacial score (nSPS) is 17.0. The van der Waals surface area contributed by atoms with Crippen molar-refractivity contribution in [3.05, 3.63) is 37.2 Å². The number of piperidine rings is 1. The zero-order chi connectivity index (χ0) is 11.2. The van der Waals surface area contributed by atoms with Gasteiger partial charge < -0.3 is 10.2 Å². The Bertz CT molecular complexity index is 317. The van der Waals surface area contributed by atoms with Gasteiger partial charge in [0.05, 0.1) is 11.9 Å². The Morgan fingerprint density at radius 2 is 2.31 bits per heavy atom. The Kier molecular flexibility index (Phi) is 3.94. The van der Waals surface area contributed by atoms with Crippen molar-refractivity contribution < 1.29 is 0 Å². The molecule has 0 amide bonds. The third-order valence-corrected chi connectivity index (χ3v) is 3.05. The summed E-state index contributed by atoms with van der Waals surface area (Å²) in [5.41, 5.74) is 1.20. The van der Waals surface area contributed by atoms with Crippen molar-refractivity contribution in [2.45, 2.75) is 18.9 Å². The Balaban J connectivity index is 2.12. The molecule has 0 unspecified atom stereocenters. The van der Waals surface area contributed by atoms with Gasteiger partial charge in [0.2, 0.25) is 0 Å². The zero-order valence-electron chi connectivity index (χ0n) is 9.60.